The van der Waals surface area contributed by atoms with Crippen molar-refractivity contribution < 1.29 is 19.1 Å². The molecular weight excluding hydrogens is 784 g/mol. The molecule has 0 aromatic carbocycles. The van der Waals surface area contributed by atoms with E-state index in [9.17, 15) is 10.1 Å². The van der Waals surface area contributed by atoms with Crippen LogP contribution >= 0.6 is 31.9 Å². The van der Waals surface area contributed by atoms with Crippen molar-refractivity contribution in [2.24, 2.45) is 16.2 Å². The van der Waals surface area contributed by atoms with E-state index in [0.29, 0.717) is 22.1 Å². The summed E-state index contributed by atoms with van der Waals surface area (Å²) < 4.78 is 17.5. The van der Waals surface area contributed by atoms with Crippen molar-refractivity contribution in [2.75, 3.05) is 94.4 Å². The first-order valence-corrected chi connectivity index (χ1v) is 19.3. The van der Waals surface area contributed by atoms with Crippen molar-refractivity contribution in [3.8, 4) is 0 Å². The smallest absolute Gasteiger partial charge is 0.363 e. The minimum atomic E-state index is -0.535. The van der Waals surface area contributed by atoms with Gasteiger partial charge in [-0.15, -0.1) is 0 Å². The third-order valence-corrected chi connectivity index (χ3v) is 11.8. The molecule has 276 valence electrons. The SMILES string of the molecule is Brc1ccc(N2CCC3(CC2)COC3)cn1.C1CC2(CCN1)COC2.Nc1ccc(N2CCC3(CC2)COC3)cn1.O=[N+]([O-])c1ccc(Br)cn1. The van der Waals surface area contributed by atoms with Crippen molar-refractivity contribution in [1.82, 2.24) is 20.3 Å². The number of hydrogen-bond donors (Lipinski definition) is 2. The summed E-state index contributed by atoms with van der Waals surface area (Å²) in [4.78, 5) is 26.3. The number of nitro groups is 1. The van der Waals surface area contributed by atoms with Crippen LogP contribution in [-0.2, 0) is 14.2 Å². The van der Waals surface area contributed by atoms with Gasteiger partial charge in [0.15, 0.2) is 6.20 Å². The molecule has 0 saturated carbocycles. The molecule has 9 rings (SSSR count). The number of anilines is 3. The predicted octanol–water partition coefficient (Wildman–Crippen LogP) is 5.88. The zero-order valence-corrected chi connectivity index (χ0v) is 32.2. The highest BCUT2D eigenvalue weighted by Gasteiger charge is 2.42. The Morgan fingerprint density at radius 2 is 1.16 bits per heavy atom. The number of piperidine rings is 3. The van der Waals surface area contributed by atoms with Crippen molar-refractivity contribution in [3.63, 3.8) is 0 Å². The van der Waals surface area contributed by atoms with Gasteiger partial charge in [-0.05, 0) is 124 Å². The number of nitrogen functional groups attached to an aromatic ring is 1. The van der Waals surface area contributed by atoms with Gasteiger partial charge in [0.05, 0.1) is 67.9 Å². The molecule has 0 amide bonds. The number of pyridine rings is 3. The van der Waals surface area contributed by atoms with Gasteiger partial charge < -0.3 is 45.2 Å². The first-order valence-electron chi connectivity index (χ1n) is 17.7. The molecule has 0 aliphatic carbocycles. The maximum absolute atomic E-state index is 10.0. The lowest BCUT2D eigenvalue weighted by atomic mass is 9.77. The summed E-state index contributed by atoms with van der Waals surface area (Å²) >= 11 is 6.47. The average Bonchev–Trinajstić information content (AvgIpc) is 3.12. The van der Waals surface area contributed by atoms with Gasteiger partial charge in [-0.1, -0.05) is 0 Å². The Bertz CT molecular complexity index is 1450. The fourth-order valence-electron chi connectivity index (χ4n) is 7.09. The molecule has 0 atom stereocenters. The van der Waals surface area contributed by atoms with Gasteiger partial charge in [-0.2, -0.15) is 0 Å². The minimum absolute atomic E-state index is 0.136. The second-order valence-corrected chi connectivity index (χ2v) is 16.3. The molecule has 3 N–H and O–H groups in total. The zero-order valence-electron chi connectivity index (χ0n) is 29.0. The lowest BCUT2D eigenvalue weighted by Gasteiger charge is -2.47. The Kier molecular flexibility index (Phi) is 12.8. The number of ether oxygens (including phenoxy) is 3. The molecule has 3 aromatic rings. The van der Waals surface area contributed by atoms with Crippen LogP contribution in [0.5, 0.6) is 0 Å². The second-order valence-electron chi connectivity index (χ2n) is 14.6. The number of rotatable bonds is 3. The predicted molar refractivity (Wildman–Crippen MR) is 204 cm³/mol. The van der Waals surface area contributed by atoms with Crippen LogP contribution in [-0.4, -0.2) is 98.8 Å². The Balaban J connectivity index is 0.000000121. The first-order chi connectivity index (χ1) is 24.7. The van der Waals surface area contributed by atoms with Gasteiger partial charge in [0, 0.05) is 48.5 Å². The van der Waals surface area contributed by atoms with E-state index in [2.05, 4.69) is 74.1 Å². The van der Waals surface area contributed by atoms with Gasteiger partial charge in [0.2, 0.25) is 0 Å². The van der Waals surface area contributed by atoms with Crippen molar-refractivity contribution in [1.29, 1.82) is 0 Å². The molecule has 3 aromatic heterocycles. The van der Waals surface area contributed by atoms with E-state index in [1.165, 1.54) is 75.3 Å². The molecule has 6 aliphatic rings. The van der Waals surface area contributed by atoms with Crippen LogP contribution in [0.25, 0.3) is 0 Å². The maximum atomic E-state index is 10.0. The number of hydrogen-bond acceptors (Lipinski definition) is 12. The van der Waals surface area contributed by atoms with Crippen LogP contribution < -0.4 is 20.9 Å². The number of nitrogens with zero attached hydrogens (tertiary/aromatic N) is 6. The van der Waals surface area contributed by atoms with E-state index in [-0.39, 0.29) is 5.82 Å². The topological polar surface area (TPSA) is 154 Å². The maximum Gasteiger partial charge on any atom is 0.363 e. The Hall–Kier alpha value is -2.95. The van der Waals surface area contributed by atoms with Gasteiger partial charge in [0.25, 0.3) is 0 Å². The Morgan fingerprint density at radius 3 is 1.51 bits per heavy atom. The quantitative estimate of drug-likeness (QED) is 0.184. The number of nitrogens with two attached hydrogens (primary N) is 1. The van der Waals surface area contributed by atoms with Crippen LogP contribution in [0.2, 0.25) is 0 Å². The van der Waals surface area contributed by atoms with E-state index in [4.69, 9.17) is 19.9 Å². The Labute approximate surface area is 316 Å². The number of halogens is 2. The van der Waals surface area contributed by atoms with E-state index in [0.717, 1.165) is 74.9 Å². The highest BCUT2D eigenvalue weighted by molar-refractivity contribution is 9.10. The second kappa shape index (κ2) is 17.3. The van der Waals surface area contributed by atoms with E-state index < -0.39 is 4.92 Å². The summed E-state index contributed by atoms with van der Waals surface area (Å²) in [7, 11) is 0. The van der Waals surface area contributed by atoms with Crippen LogP contribution in [0.15, 0.2) is 64.1 Å². The monoisotopic (exact) mass is 830 g/mol. The molecule has 9 heterocycles. The minimum Gasteiger partial charge on any atom is -0.384 e. The molecule has 51 heavy (non-hydrogen) atoms. The standard InChI is InChI=1S/C12H15BrN2O.C12H17N3O.C7H13NO.C5H3BrN2O2/c2*13-11-2-1-10(7-14-11)15-5-3-12(4-6-15)8-16-9-12;1-3-8-4-2-7(1)5-9-6-7;6-4-1-2-5(7-3-4)8(9)10/h1-2,7H,3-6,8-9H2;1-2,7H,3-6,8-9H2,(H2,13,14);8H,1-6H2;1-3H. The average molecular weight is 833 g/mol. The number of aromatic nitrogens is 3. The molecule has 6 saturated heterocycles. The summed E-state index contributed by atoms with van der Waals surface area (Å²) in [5, 5.41) is 13.4. The highest BCUT2D eigenvalue weighted by Crippen LogP contribution is 2.40. The summed E-state index contributed by atoms with van der Waals surface area (Å²) in [6, 6.07) is 11.0. The summed E-state index contributed by atoms with van der Waals surface area (Å²) in [6.07, 6.45) is 12.8. The van der Waals surface area contributed by atoms with E-state index >= 15 is 0 Å². The Morgan fingerprint density at radius 1 is 0.667 bits per heavy atom. The van der Waals surface area contributed by atoms with Crippen LogP contribution in [0.3, 0.4) is 0 Å². The van der Waals surface area contributed by atoms with Gasteiger partial charge in [-0.3, -0.25) is 0 Å². The fourth-order valence-corrected chi connectivity index (χ4v) is 7.56. The lowest BCUT2D eigenvalue weighted by Crippen LogP contribution is -2.50. The van der Waals surface area contributed by atoms with Crippen LogP contribution in [0.1, 0.15) is 38.5 Å². The van der Waals surface area contributed by atoms with Crippen molar-refractivity contribution >= 4 is 54.9 Å². The molecule has 15 heteroatoms. The molecule has 6 aliphatic heterocycles. The lowest BCUT2D eigenvalue weighted by molar-refractivity contribution is -0.389. The van der Waals surface area contributed by atoms with Gasteiger partial charge >= 0.3 is 5.82 Å². The zero-order chi connectivity index (χ0) is 35.7. The van der Waals surface area contributed by atoms with Gasteiger partial charge in [0.1, 0.15) is 10.4 Å². The fraction of sp³-hybridized carbons (Fsp3) is 0.583. The number of nitrogens with one attached hydrogen (secondary N) is 1. The first kappa shape index (κ1) is 37.8. The molecule has 3 spiro atoms. The molecule has 0 unspecified atom stereocenters. The summed E-state index contributed by atoms with van der Waals surface area (Å²) in [5.41, 5.74) is 9.63. The van der Waals surface area contributed by atoms with E-state index in [1.807, 2.05) is 24.5 Å². The van der Waals surface area contributed by atoms with Crippen LogP contribution in [0.4, 0.5) is 23.0 Å². The molecule has 0 radical (unpaired) electrons. The highest BCUT2D eigenvalue weighted by atomic mass is 79.9. The van der Waals surface area contributed by atoms with Crippen LogP contribution in [0, 0.1) is 26.4 Å². The molecule has 13 nitrogen and oxygen atoms in total. The summed E-state index contributed by atoms with van der Waals surface area (Å²) in [6.45, 7) is 12.8. The van der Waals surface area contributed by atoms with Gasteiger partial charge in [-0.25, -0.2) is 9.97 Å². The van der Waals surface area contributed by atoms with Crippen molar-refractivity contribution in [2.45, 2.75) is 38.5 Å². The molecular formula is C36H48Br2N8O5. The molecule has 6 fully saturated rings. The van der Waals surface area contributed by atoms with Crippen molar-refractivity contribution in [3.05, 3.63) is 74.2 Å². The largest absolute Gasteiger partial charge is 0.384 e. The summed E-state index contributed by atoms with van der Waals surface area (Å²) in [5.74, 6) is 0.452. The normalized spacial score (nSPS) is 22.0. The molecule has 0 bridgehead atoms. The van der Waals surface area contributed by atoms with E-state index in [1.54, 1.807) is 6.07 Å². The third kappa shape index (κ3) is 10.1. The third-order valence-electron chi connectivity index (χ3n) is 10.9.